The van der Waals surface area contributed by atoms with Crippen LogP contribution in [0.15, 0.2) is 0 Å². The van der Waals surface area contributed by atoms with E-state index in [2.05, 4.69) is 4.52 Å². The maximum atomic E-state index is 10.5. The molecule has 0 saturated heterocycles. The molecule has 0 aliphatic rings. The lowest BCUT2D eigenvalue weighted by molar-refractivity contribution is 0.303. The summed E-state index contributed by atoms with van der Waals surface area (Å²) in [6.45, 7) is 0. The third kappa shape index (κ3) is 7.04. The van der Waals surface area contributed by atoms with Crippen LogP contribution in [-0.4, -0.2) is 9.36 Å². The first-order valence-corrected chi connectivity index (χ1v) is 7.02. The summed E-state index contributed by atoms with van der Waals surface area (Å²) in [5.41, 5.74) is -1.45. The molecule has 0 N–H and O–H groups in total. The zero-order chi connectivity index (χ0) is 9.28. The molecule has 0 aliphatic carbocycles. The lowest BCUT2D eigenvalue weighted by atomic mass is 10.8. The van der Waals surface area contributed by atoms with Crippen molar-refractivity contribution < 1.29 is 9.09 Å². The maximum absolute atomic E-state index is 10.5. The molecule has 0 spiro atoms. The van der Waals surface area contributed by atoms with Crippen molar-refractivity contribution in [2.24, 2.45) is 0 Å². The number of hydrogen-bond donors (Lipinski definition) is 0. The standard InChI is InChI=1S/C2HCl6O2P/c3-1(2(4,5)6)10-11(7,8)9/h1H. The third-order valence-corrected chi connectivity index (χ3v) is 2.88. The molecule has 0 radical (unpaired) electrons. The second kappa shape index (κ2) is 4.43. The molecule has 0 fully saturated rings. The topological polar surface area (TPSA) is 26.3 Å². The Labute approximate surface area is 93.0 Å². The molecule has 0 amide bonds. The minimum absolute atomic E-state index is 1.45. The Kier molecular flexibility index (Phi) is 5.21. The van der Waals surface area contributed by atoms with Crippen molar-refractivity contribution in [2.45, 2.75) is 9.36 Å². The zero-order valence-corrected chi connectivity index (χ0v) is 10.0. The minimum atomic E-state index is -3.76. The van der Waals surface area contributed by atoms with Gasteiger partial charge in [0, 0.05) is 0 Å². The Morgan fingerprint density at radius 1 is 1.27 bits per heavy atom. The Hall–Kier alpha value is 1.93. The Morgan fingerprint density at radius 2 is 1.64 bits per heavy atom. The smallest absolute Gasteiger partial charge is 0.282 e. The van der Waals surface area contributed by atoms with Gasteiger partial charge in [-0.1, -0.05) is 46.4 Å². The van der Waals surface area contributed by atoms with Crippen molar-refractivity contribution in [1.29, 1.82) is 0 Å². The van der Waals surface area contributed by atoms with Gasteiger partial charge in [-0.15, -0.1) is 0 Å². The van der Waals surface area contributed by atoms with Crippen LogP contribution in [0.2, 0.25) is 0 Å². The van der Waals surface area contributed by atoms with Gasteiger partial charge in [0.15, 0.2) is 5.56 Å². The number of alkyl halides is 4. The summed E-state index contributed by atoms with van der Waals surface area (Å²) in [5, 5.41) is 0. The van der Waals surface area contributed by atoms with Gasteiger partial charge in [0.1, 0.15) is 0 Å². The average Bonchev–Trinajstić information content (AvgIpc) is 1.56. The number of rotatable bonds is 2. The monoisotopic (exact) mass is 298 g/mol. The van der Waals surface area contributed by atoms with Gasteiger partial charge in [0.2, 0.25) is 3.79 Å². The first-order chi connectivity index (χ1) is 4.63. The predicted molar refractivity (Wildman–Crippen MR) is 50.3 cm³/mol. The van der Waals surface area contributed by atoms with Crippen molar-refractivity contribution in [1.82, 2.24) is 0 Å². The molecule has 0 bridgehead atoms. The molecule has 0 aromatic rings. The molecule has 0 aliphatic heterocycles. The van der Waals surface area contributed by atoms with E-state index in [4.69, 9.17) is 68.9 Å². The van der Waals surface area contributed by atoms with Crippen LogP contribution in [0.5, 0.6) is 0 Å². The SMILES string of the molecule is O=P(Cl)(Cl)OC(Cl)C(Cl)(Cl)Cl. The highest BCUT2D eigenvalue weighted by molar-refractivity contribution is 8.05. The van der Waals surface area contributed by atoms with Gasteiger partial charge in [0.25, 0.3) is 0 Å². The molecule has 0 rings (SSSR count). The Balaban J connectivity index is 4.10. The molecule has 1 atom stereocenters. The van der Waals surface area contributed by atoms with Gasteiger partial charge < -0.3 is 0 Å². The van der Waals surface area contributed by atoms with Crippen LogP contribution < -0.4 is 0 Å². The highest BCUT2D eigenvalue weighted by Gasteiger charge is 2.36. The van der Waals surface area contributed by atoms with Crippen molar-refractivity contribution in [3.63, 3.8) is 0 Å². The van der Waals surface area contributed by atoms with E-state index in [1.807, 2.05) is 0 Å². The van der Waals surface area contributed by atoms with Gasteiger partial charge in [-0.2, -0.15) is 0 Å². The van der Waals surface area contributed by atoms with Gasteiger partial charge in [-0.3, -0.25) is 9.09 Å². The van der Waals surface area contributed by atoms with E-state index in [1.165, 1.54) is 0 Å². The van der Waals surface area contributed by atoms with E-state index in [-0.39, 0.29) is 0 Å². The maximum Gasteiger partial charge on any atom is 0.381 e. The van der Waals surface area contributed by atoms with E-state index < -0.39 is 15.4 Å². The molecule has 0 aromatic heterocycles. The Bertz CT molecular complexity index is 170. The number of halogens is 6. The first kappa shape index (κ1) is 12.9. The molecule has 2 nitrogen and oxygen atoms in total. The summed E-state index contributed by atoms with van der Waals surface area (Å²) >= 11 is 30.9. The molecular weight excluding hydrogens is 300 g/mol. The van der Waals surface area contributed by atoms with Gasteiger partial charge >= 0.3 is 6.07 Å². The summed E-state index contributed by atoms with van der Waals surface area (Å²) in [6, 6.07) is 0. The fraction of sp³-hybridized carbons (Fsp3) is 1.00. The normalized spacial score (nSPS) is 16.5. The molecule has 0 aromatic carbocycles. The van der Waals surface area contributed by atoms with Crippen LogP contribution in [0.4, 0.5) is 0 Å². The van der Waals surface area contributed by atoms with E-state index in [1.54, 1.807) is 0 Å². The van der Waals surface area contributed by atoms with Crippen molar-refractivity contribution in [2.75, 3.05) is 0 Å². The summed E-state index contributed by atoms with van der Waals surface area (Å²) in [4.78, 5) is 0. The van der Waals surface area contributed by atoms with E-state index >= 15 is 0 Å². The second-order valence-corrected chi connectivity index (χ2v) is 8.37. The van der Waals surface area contributed by atoms with Gasteiger partial charge in [0.05, 0.1) is 0 Å². The fourth-order valence-electron chi connectivity index (χ4n) is 0.168. The van der Waals surface area contributed by atoms with Crippen LogP contribution >= 0.6 is 75.0 Å². The van der Waals surface area contributed by atoms with E-state index in [0.717, 1.165) is 0 Å². The Morgan fingerprint density at radius 3 is 1.73 bits per heavy atom. The van der Waals surface area contributed by atoms with Crippen LogP contribution in [0.25, 0.3) is 0 Å². The molecule has 0 heterocycles. The molecule has 1 unspecified atom stereocenters. The summed E-state index contributed by atoms with van der Waals surface area (Å²) in [6.07, 6.45) is -3.76. The first-order valence-electron chi connectivity index (χ1n) is 2.01. The van der Waals surface area contributed by atoms with Gasteiger partial charge in [-0.25, -0.2) is 0 Å². The largest absolute Gasteiger partial charge is 0.381 e. The van der Waals surface area contributed by atoms with E-state index in [0.29, 0.717) is 0 Å². The third-order valence-electron chi connectivity index (χ3n) is 0.473. The quantitative estimate of drug-likeness (QED) is 0.553. The van der Waals surface area contributed by atoms with Crippen LogP contribution in [-0.2, 0) is 9.09 Å². The highest BCUT2D eigenvalue weighted by Crippen LogP contribution is 2.60. The van der Waals surface area contributed by atoms with Crippen LogP contribution in [0, 0.1) is 0 Å². The summed E-state index contributed by atoms with van der Waals surface area (Å²) in [5.74, 6) is 0. The van der Waals surface area contributed by atoms with Gasteiger partial charge in [-0.05, 0) is 22.5 Å². The highest BCUT2D eigenvalue weighted by atomic mass is 35.9. The zero-order valence-electron chi connectivity index (χ0n) is 4.61. The van der Waals surface area contributed by atoms with E-state index in [9.17, 15) is 4.57 Å². The molecule has 11 heavy (non-hydrogen) atoms. The predicted octanol–water partition coefficient (Wildman–Crippen LogP) is 4.52. The average molecular weight is 301 g/mol. The van der Waals surface area contributed by atoms with Crippen LogP contribution in [0.3, 0.4) is 0 Å². The van der Waals surface area contributed by atoms with Crippen molar-refractivity contribution in [3.05, 3.63) is 0 Å². The second-order valence-electron chi connectivity index (χ2n) is 1.38. The molecule has 9 heteroatoms. The summed E-state index contributed by atoms with van der Waals surface area (Å²) < 4.78 is 12.9. The molecule has 0 saturated carbocycles. The lowest BCUT2D eigenvalue weighted by Crippen LogP contribution is -2.20. The lowest BCUT2D eigenvalue weighted by Gasteiger charge is -2.17. The van der Waals surface area contributed by atoms with Crippen molar-refractivity contribution >= 4 is 75.0 Å². The fourth-order valence-corrected chi connectivity index (χ4v) is 1.92. The summed E-state index contributed by atoms with van der Waals surface area (Å²) in [7, 11) is 0. The molecular formula is C2HCl6O2P. The van der Waals surface area contributed by atoms with Crippen molar-refractivity contribution in [3.8, 4) is 0 Å². The molecule has 68 valence electrons. The van der Waals surface area contributed by atoms with Crippen LogP contribution in [0.1, 0.15) is 0 Å². The number of hydrogen-bond acceptors (Lipinski definition) is 2. The minimum Gasteiger partial charge on any atom is -0.282 e.